The Morgan fingerprint density at radius 2 is 2.18 bits per heavy atom. The minimum absolute atomic E-state index is 0.0602. The predicted octanol–water partition coefficient (Wildman–Crippen LogP) is 2.01. The molecule has 1 rings (SSSR count). The van der Waals surface area contributed by atoms with Crippen molar-refractivity contribution in [3.8, 4) is 0 Å². The lowest BCUT2D eigenvalue weighted by Gasteiger charge is -2.21. The fourth-order valence-corrected chi connectivity index (χ4v) is 1.94. The van der Waals surface area contributed by atoms with E-state index in [1.165, 1.54) is 0 Å². The Morgan fingerprint density at radius 1 is 1.41 bits per heavy atom. The van der Waals surface area contributed by atoms with Crippen molar-refractivity contribution in [2.24, 2.45) is 0 Å². The Morgan fingerprint density at radius 3 is 2.71 bits per heavy atom. The first kappa shape index (κ1) is 14.2. The van der Waals surface area contributed by atoms with Gasteiger partial charge in [-0.3, -0.25) is 4.68 Å². The van der Waals surface area contributed by atoms with Crippen molar-refractivity contribution >= 4 is 0 Å². The molecule has 1 aromatic rings. The van der Waals surface area contributed by atoms with E-state index in [4.69, 9.17) is 4.74 Å². The highest BCUT2D eigenvalue weighted by molar-refractivity contribution is 5.06. The largest absolute Gasteiger partial charge is 0.390 e. The average Bonchev–Trinajstić information content (AvgIpc) is 2.76. The highest BCUT2D eigenvalue weighted by atomic mass is 16.5. The molecule has 2 unspecified atom stereocenters. The third kappa shape index (κ3) is 4.48. The van der Waals surface area contributed by atoms with E-state index >= 15 is 0 Å². The number of rotatable bonds is 8. The molecular weight excluding hydrogens is 216 g/mol. The van der Waals surface area contributed by atoms with Gasteiger partial charge in [0.05, 0.1) is 18.4 Å². The van der Waals surface area contributed by atoms with E-state index in [1.54, 1.807) is 0 Å². The summed E-state index contributed by atoms with van der Waals surface area (Å²) in [5.74, 6) is 0. The van der Waals surface area contributed by atoms with E-state index in [2.05, 4.69) is 12.0 Å². The first-order valence-electron chi connectivity index (χ1n) is 6.52. The second-order valence-electron chi connectivity index (χ2n) is 4.26. The summed E-state index contributed by atoms with van der Waals surface area (Å²) in [5, 5.41) is 14.3. The second-order valence-corrected chi connectivity index (χ2v) is 4.26. The summed E-state index contributed by atoms with van der Waals surface area (Å²) < 4.78 is 7.44. The Kier molecular flexibility index (Phi) is 6.22. The zero-order valence-corrected chi connectivity index (χ0v) is 11.1. The SMILES string of the molecule is CCCC(OCC)C(O)Cc1cnn(CC)c1. The lowest BCUT2D eigenvalue weighted by atomic mass is 10.0. The van der Waals surface area contributed by atoms with Gasteiger partial charge in [0, 0.05) is 25.8 Å². The van der Waals surface area contributed by atoms with Crippen LogP contribution in [0.3, 0.4) is 0 Å². The predicted molar refractivity (Wildman–Crippen MR) is 67.9 cm³/mol. The maximum atomic E-state index is 10.1. The number of hydrogen-bond donors (Lipinski definition) is 1. The van der Waals surface area contributed by atoms with Gasteiger partial charge in [0.25, 0.3) is 0 Å². The van der Waals surface area contributed by atoms with Crippen molar-refractivity contribution in [1.29, 1.82) is 0 Å². The van der Waals surface area contributed by atoms with Crippen LogP contribution in [-0.4, -0.2) is 33.7 Å². The molecule has 1 N–H and O–H groups in total. The van der Waals surface area contributed by atoms with Crippen LogP contribution in [-0.2, 0) is 17.7 Å². The Labute approximate surface area is 104 Å². The van der Waals surface area contributed by atoms with Crippen molar-refractivity contribution in [3.05, 3.63) is 18.0 Å². The highest BCUT2D eigenvalue weighted by Crippen LogP contribution is 2.12. The van der Waals surface area contributed by atoms with Gasteiger partial charge in [0.15, 0.2) is 0 Å². The molecule has 2 atom stereocenters. The molecule has 17 heavy (non-hydrogen) atoms. The van der Waals surface area contributed by atoms with E-state index in [0.717, 1.165) is 24.9 Å². The smallest absolute Gasteiger partial charge is 0.0843 e. The van der Waals surface area contributed by atoms with E-state index in [1.807, 2.05) is 30.9 Å². The first-order valence-corrected chi connectivity index (χ1v) is 6.52. The summed E-state index contributed by atoms with van der Waals surface area (Å²) >= 11 is 0. The van der Waals surface area contributed by atoms with Gasteiger partial charge >= 0.3 is 0 Å². The molecule has 0 aliphatic heterocycles. The second kappa shape index (κ2) is 7.45. The maximum Gasteiger partial charge on any atom is 0.0843 e. The van der Waals surface area contributed by atoms with Gasteiger partial charge < -0.3 is 9.84 Å². The standard InChI is InChI=1S/C13H24N2O2/c1-4-7-13(17-6-3)12(16)8-11-9-14-15(5-2)10-11/h9-10,12-13,16H,4-8H2,1-3H3. The normalized spacial score (nSPS) is 14.8. The Hall–Kier alpha value is -0.870. The lowest BCUT2D eigenvalue weighted by molar-refractivity contribution is -0.0363. The van der Waals surface area contributed by atoms with Crippen molar-refractivity contribution in [2.75, 3.05) is 6.61 Å². The summed E-state index contributed by atoms with van der Waals surface area (Å²) in [6, 6.07) is 0. The fourth-order valence-electron chi connectivity index (χ4n) is 1.94. The van der Waals surface area contributed by atoms with E-state index in [0.29, 0.717) is 13.0 Å². The van der Waals surface area contributed by atoms with Crippen molar-refractivity contribution < 1.29 is 9.84 Å². The third-order valence-corrected chi connectivity index (χ3v) is 2.84. The van der Waals surface area contributed by atoms with Gasteiger partial charge in [0.1, 0.15) is 0 Å². The van der Waals surface area contributed by atoms with Gasteiger partial charge in [-0.25, -0.2) is 0 Å². The molecular formula is C13H24N2O2. The molecule has 0 radical (unpaired) electrons. The number of nitrogens with zero attached hydrogens (tertiary/aromatic N) is 2. The van der Waals surface area contributed by atoms with Gasteiger partial charge in [-0.15, -0.1) is 0 Å². The minimum atomic E-state index is -0.440. The van der Waals surface area contributed by atoms with Crippen LogP contribution in [0.5, 0.6) is 0 Å². The molecule has 0 aliphatic carbocycles. The van der Waals surface area contributed by atoms with Gasteiger partial charge in [0.2, 0.25) is 0 Å². The van der Waals surface area contributed by atoms with Crippen LogP contribution in [0.15, 0.2) is 12.4 Å². The van der Waals surface area contributed by atoms with Gasteiger partial charge in [-0.05, 0) is 25.8 Å². The van der Waals surface area contributed by atoms with E-state index < -0.39 is 6.10 Å². The molecule has 4 nitrogen and oxygen atoms in total. The van der Waals surface area contributed by atoms with Crippen molar-refractivity contribution in [3.63, 3.8) is 0 Å². The quantitative estimate of drug-likeness (QED) is 0.756. The van der Waals surface area contributed by atoms with Crippen LogP contribution < -0.4 is 0 Å². The van der Waals surface area contributed by atoms with Crippen LogP contribution in [0.1, 0.15) is 39.2 Å². The number of aromatic nitrogens is 2. The van der Waals surface area contributed by atoms with Gasteiger partial charge in [-0.1, -0.05) is 13.3 Å². The maximum absolute atomic E-state index is 10.1. The van der Waals surface area contributed by atoms with Crippen LogP contribution in [0.4, 0.5) is 0 Å². The molecule has 1 heterocycles. The number of aryl methyl sites for hydroxylation is 1. The van der Waals surface area contributed by atoms with Crippen LogP contribution in [0.25, 0.3) is 0 Å². The Bertz CT molecular complexity index is 306. The van der Waals surface area contributed by atoms with Crippen LogP contribution in [0.2, 0.25) is 0 Å². The molecule has 1 aromatic heterocycles. The zero-order valence-electron chi connectivity index (χ0n) is 11.1. The topological polar surface area (TPSA) is 47.3 Å². The molecule has 0 bridgehead atoms. The molecule has 0 aliphatic rings. The minimum Gasteiger partial charge on any atom is -0.390 e. The molecule has 0 fully saturated rings. The summed E-state index contributed by atoms with van der Waals surface area (Å²) in [4.78, 5) is 0. The molecule has 4 heteroatoms. The number of aliphatic hydroxyl groups excluding tert-OH is 1. The summed E-state index contributed by atoms with van der Waals surface area (Å²) in [6.07, 6.45) is 5.84. The average molecular weight is 240 g/mol. The highest BCUT2D eigenvalue weighted by Gasteiger charge is 2.19. The number of hydrogen-bond acceptors (Lipinski definition) is 3. The Balaban J connectivity index is 2.52. The summed E-state index contributed by atoms with van der Waals surface area (Å²) in [5.41, 5.74) is 1.07. The number of ether oxygens (including phenoxy) is 1. The van der Waals surface area contributed by atoms with Crippen LogP contribution in [0, 0.1) is 0 Å². The third-order valence-electron chi connectivity index (χ3n) is 2.84. The summed E-state index contributed by atoms with van der Waals surface area (Å²) in [7, 11) is 0. The molecule has 0 saturated heterocycles. The summed E-state index contributed by atoms with van der Waals surface area (Å²) in [6.45, 7) is 7.63. The van der Waals surface area contributed by atoms with Crippen molar-refractivity contribution in [2.45, 2.75) is 58.8 Å². The van der Waals surface area contributed by atoms with E-state index in [9.17, 15) is 5.11 Å². The molecule has 0 saturated carbocycles. The van der Waals surface area contributed by atoms with Crippen molar-refractivity contribution in [1.82, 2.24) is 9.78 Å². The molecule has 98 valence electrons. The first-order chi connectivity index (χ1) is 8.21. The van der Waals surface area contributed by atoms with Gasteiger partial charge in [-0.2, -0.15) is 5.10 Å². The number of aliphatic hydroxyl groups is 1. The van der Waals surface area contributed by atoms with Crippen LogP contribution >= 0.6 is 0 Å². The van der Waals surface area contributed by atoms with E-state index in [-0.39, 0.29) is 6.10 Å². The zero-order chi connectivity index (χ0) is 12.7. The molecule has 0 aromatic carbocycles. The monoisotopic (exact) mass is 240 g/mol. The fraction of sp³-hybridized carbons (Fsp3) is 0.769. The molecule has 0 amide bonds. The lowest BCUT2D eigenvalue weighted by Crippen LogP contribution is -2.30. The molecule has 0 spiro atoms.